The Morgan fingerprint density at radius 3 is 2.71 bits per heavy atom. The van der Waals surface area contributed by atoms with Crippen molar-refractivity contribution in [1.29, 1.82) is 0 Å². The Morgan fingerprint density at radius 2 is 2.07 bits per heavy atom. The number of benzene rings is 1. The van der Waals surface area contributed by atoms with Gasteiger partial charge in [0.2, 0.25) is 0 Å². The van der Waals surface area contributed by atoms with Crippen molar-refractivity contribution in [2.45, 2.75) is 43.9 Å². The molecule has 2 aromatic heterocycles. The standard InChI is InChI=1S/C19H20F2N4O2S/c1-19(26,17(20)21)13-5-4-12(16-22-6-7-28-16)15-14(13)24-18(27-15)25-8-10-2-3-11(9-25)23-10/h4-7,10-11,17,23,26H,2-3,8-9H2,1H3. The van der Waals surface area contributed by atoms with Gasteiger partial charge in [0.05, 0.1) is 5.56 Å². The molecule has 9 heteroatoms. The van der Waals surface area contributed by atoms with Crippen molar-refractivity contribution in [3.05, 3.63) is 29.3 Å². The lowest BCUT2D eigenvalue weighted by molar-refractivity contribution is -0.0874. The Balaban J connectivity index is 1.66. The summed E-state index contributed by atoms with van der Waals surface area (Å²) in [5.74, 6) is 0. The normalized spacial score (nSPS) is 24.2. The number of oxazole rings is 1. The van der Waals surface area contributed by atoms with Crippen molar-refractivity contribution in [1.82, 2.24) is 15.3 Å². The van der Waals surface area contributed by atoms with Gasteiger partial charge in [0.15, 0.2) is 5.58 Å². The summed E-state index contributed by atoms with van der Waals surface area (Å²) >= 11 is 1.43. The minimum atomic E-state index is -2.95. The molecule has 1 aromatic carbocycles. The molecular formula is C19H20F2N4O2S. The molecular weight excluding hydrogens is 386 g/mol. The van der Waals surface area contributed by atoms with Crippen LogP contribution in [-0.4, -0.2) is 46.7 Å². The van der Waals surface area contributed by atoms with Crippen LogP contribution in [0.2, 0.25) is 0 Å². The van der Waals surface area contributed by atoms with Crippen molar-refractivity contribution in [2.75, 3.05) is 18.0 Å². The largest absolute Gasteiger partial charge is 0.423 e. The molecule has 4 heterocycles. The van der Waals surface area contributed by atoms with Crippen molar-refractivity contribution in [3.63, 3.8) is 0 Å². The van der Waals surface area contributed by atoms with Crippen LogP contribution < -0.4 is 10.2 Å². The van der Waals surface area contributed by atoms with Crippen LogP contribution in [0.4, 0.5) is 14.8 Å². The molecule has 0 spiro atoms. The summed E-state index contributed by atoms with van der Waals surface area (Å²) < 4.78 is 33.2. The fraction of sp³-hybridized carbons (Fsp3) is 0.474. The van der Waals surface area contributed by atoms with Crippen molar-refractivity contribution < 1.29 is 18.3 Å². The van der Waals surface area contributed by atoms with Gasteiger partial charge in [0.25, 0.3) is 12.4 Å². The minimum Gasteiger partial charge on any atom is -0.423 e. The lowest BCUT2D eigenvalue weighted by atomic mass is 9.94. The molecule has 0 amide bonds. The van der Waals surface area contributed by atoms with Crippen molar-refractivity contribution >= 4 is 28.5 Å². The van der Waals surface area contributed by atoms with Crippen LogP contribution in [0, 0.1) is 0 Å². The van der Waals surface area contributed by atoms with Crippen LogP contribution in [0.1, 0.15) is 25.3 Å². The molecule has 0 radical (unpaired) electrons. The Hall–Kier alpha value is -2.10. The molecule has 3 aromatic rings. The second-order valence-corrected chi connectivity index (χ2v) is 8.56. The third kappa shape index (κ3) is 2.80. The Labute approximate surface area is 164 Å². The maximum atomic E-state index is 13.5. The van der Waals surface area contributed by atoms with Gasteiger partial charge in [-0.25, -0.2) is 13.8 Å². The van der Waals surface area contributed by atoms with Gasteiger partial charge < -0.3 is 19.7 Å². The highest BCUT2D eigenvalue weighted by molar-refractivity contribution is 7.13. The second kappa shape index (κ2) is 6.47. The van der Waals surface area contributed by atoms with Gasteiger partial charge in [-0.2, -0.15) is 4.98 Å². The van der Waals surface area contributed by atoms with E-state index in [1.165, 1.54) is 17.4 Å². The van der Waals surface area contributed by atoms with Crippen LogP contribution >= 0.6 is 11.3 Å². The number of halogens is 2. The van der Waals surface area contributed by atoms with Gasteiger partial charge in [0.1, 0.15) is 16.1 Å². The van der Waals surface area contributed by atoms with Gasteiger partial charge in [-0.3, -0.25) is 0 Å². The second-order valence-electron chi connectivity index (χ2n) is 7.66. The third-order valence-electron chi connectivity index (χ3n) is 5.65. The van der Waals surface area contributed by atoms with E-state index in [0.717, 1.165) is 37.9 Å². The summed E-state index contributed by atoms with van der Waals surface area (Å²) in [6, 6.07) is 4.35. The highest BCUT2D eigenvalue weighted by atomic mass is 32.1. The molecule has 3 atom stereocenters. The Kier molecular flexibility index (Phi) is 4.15. The first-order chi connectivity index (χ1) is 13.4. The van der Waals surface area contributed by atoms with Gasteiger partial charge in [-0.1, -0.05) is 6.07 Å². The highest BCUT2D eigenvalue weighted by Gasteiger charge is 2.39. The lowest BCUT2D eigenvalue weighted by Crippen LogP contribution is -2.51. The molecule has 3 unspecified atom stereocenters. The van der Waals surface area contributed by atoms with Gasteiger partial charge >= 0.3 is 0 Å². The first-order valence-electron chi connectivity index (χ1n) is 9.29. The van der Waals surface area contributed by atoms with Gasteiger partial charge in [-0.05, 0) is 25.8 Å². The number of anilines is 1. The number of aliphatic hydroxyl groups is 1. The molecule has 148 valence electrons. The average molecular weight is 406 g/mol. The average Bonchev–Trinajstić information content (AvgIpc) is 3.40. The Morgan fingerprint density at radius 1 is 1.32 bits per heavy atom. The molecule has 2 saturated heterocycles. The smallest absolute Gasteiger partial charge is 0.298 e. The van der Waals surface area contributed by atoms with E-state index in [1.54, 1.807) is 12.3 Å². The molecule has 2 fully saturated rings. The van der Waals surface area contributed by atoms with E-state index in [4.69, 9.17) is 4.42 Å². The Bertz CT molecular complexity index is 993. The number of rotatable bonds is 4. The van der Waals surface area contributed by atoms with Gasteiger partial charge in [-0.15, -0.1) is 11.3 Å². The van der Waals surface area contributed by atoms with Crippen LogP contribution in [0.25, 0.3) is 21.7 Å². The summed E-state index contributed by atoms with van der Waals surface area (Å²) in [5.41, 5.74) is -0.925. The predicted molar refractivity (Wildman–Crippen MR) is 103 cm³/mol. The fourth-order valence-corrected chi connectivity index (χ4v) is 4.79. The van der Waals surface area contributed by atoms with Crippen LogP contribution in [-0.2, 0) is 5.60 Å². The number of nitrogens with zero attached hydrogens (tertiary/aromatic N) is 3. The maximum Gasteiger partial charge on any atom is 0.298 e. The number of piperazine rings is 1. The minimum absolute atomic E-state index is 0.0610. The number of aromatic nitrogens is 2. The SMILES string of the molecule is CC(O)(c1ccc(-c2nccs2)c2oc(N3CC4CCC(C3)N4)nc12)C(F)F. The highest BCUT2D eigenvalue weighted by Crippen LogP contribution is 2.40. The van der Waals surface area contributed by atoms with Crippen LogP contribution in [0.5, 0.6) is 0 Å². The molecule has 2 N–H and O–H groups in total. The fourth-order valence-electron chi connectivity index (χ4n) is 4.13. The van der Waals surface area contributed by atoms with Gasteiger partial charge in [0, 0.05) is 42.3 Å². The molecule has 5 rings (SSSR count). The molecule has 0 saturated carbocycles. The quantitative estimate of drug-likeness (QED) is 0.692. The molecule has 6 nitrogen and oxygen atoms in total. The zero-order chi connectivity index (χ0) is 19.5. The van der Waals surface area contributed by atoms with E-state index in [0.29, 0.717) is 29.2 Å². The summed E-state index contributed by atoms with van der Waals surface area (Å²) in [4.78, 5) is 10.9. The molecule has 2 bridgehead atoms. The van der Waals surface area contributed by atoms with E-state index in [-0.39, 0.29) is 11.1 Å². The molecule has 28 heavy (non-hydrogen) atoms. The van der Waals surface area contributed by atoms with Crippen LogP contribution in [0.3, 0.4) is 0 Å². The van der Waals surface area contributed by atoms with E-state index >= 15 is 0 Å². The van der Waals surface area contributed by atoms with E-state index < -0.39 is 12.0 Å². The van der Waals surface area contributed by atoms with Crippen molar-refractivity contribution in [3.8, 4) is 10.6 Å². The first-order valence-corrected chi connectivity index (χ1v) is 10.2. The van der Waals surface area contributed by atoms with Crippen LogP contribution in [0.15, 0.2) is 28.1 Å². The number of nitrogens with one attached hydrogen (secondary N) is 1. The number of hydrogen-bond donors (Lipinski definition) is 2. The summed E-state index contributed by atoms with van der Waals surface area (Å²) in [5, 5.41) is 16.5. The summed E-state index contributed by atoms with van der Waals surface area (Å²) in [6.45, 7) is 2.63. The van der Waals surface area contributed by atoms with E-state index in [9.17, 15) is 13.9 Å². The number of alkyl halides is 2. The molecule has 2 aliphatic heterocycles. The first kappa shape index (κ1) is 18.0. The maximum absolute atomic E-state index is 13.5. The van der Waals surface area contributed by atoms with E-state index in [1.807, 2.05) is 5.38 Å². The number of hydrogen-bond acceptors (Lipinski definition) is 7. The molecule has 2 aliphatic rings. The number of thiazole rings is 1. The monoisotopic (exact) mass is 406 g/mol. The predicted octanol–water partition coefficient (Wildman–Crippen LogP) is 3.36. The van der Waals surface area contributed by atoms with Crippen molar-refractivity contribution in [2.24, 2.45) is 0 Å². The summed E-state index contributed by atoms with van der Waals surface area (Å²) in [6.07, 6.45) is 0.950. The third-order valence-corrected chi connectivity index (χ3v) is 6.46. The zero-order valence-corrected chi connectivity index (χ0v) is 16.0. The zero-order valence-electron chi connectivity index (χ0n) is 15.2. The number of fused-ring (bicyclic) bond motifs is 3. The summed E-state index contributed by atoms with van der Waals surface area (Å²) in [7, 11) is 0. The lowest BCUT2D eigenvalue weighted by Gasteiger charge is -2.31. The topological polar surface area (TPSA) is 74.4 Å². The van der Waals surface area contributed by atoms with E-state index in [2.05, 4.69) is 20.2 Å². The molecule has 0 aliphatic carbocycles.